The lowest BCUT2D eigenvalue weighted by Crippen LogP contribution is -2.45. The fourth-order valence-electron chi connectivity index (χ4n) is 3.90. The van der Waals surface area contributed by atoms with Crippen molar-refractivity contribution in [1.29, 1.82) is 5.41 Å². The molecule has 0 unspecified atom stereocenters. The highest BCUT2D eigenvalue weighted by Gasteiger charge is 2.16. The lowest BCUT2D eigenvalue weighted by atomic mass is 10.1. The van der Waals surface area contributed by atoms with Gasteiger partial charge in [0.05, 0.1) is 30.0 Å². The highest BCUT2D eigenvalue weighted by molar-refractivity contribution is 6.32. The molecule has 1 fully saturated rings. The smallest absolute Gasteiger partial charge is 0.214 e. The number of ether oxygens (including phenoxy) is 2. The van der Waals surface area contributed by atoms with E-state index in [1.807, 2.05) is 23.1 Å². The number of aromatic nitrogens is 2. The first-order valence-electron chi connectivity index (χ1n) is 11.9. The number of nitrogens with zero attached hydrogens (tertiary/aromatic N) is 5. The SMILES string of the molecule is CN(N=Cc1ccc2ncnc(Nc3ccc(Oc4cccc(F)c4)c(Cl)c3)c2c1)C(=N)N1CCOCC1. The van der Waals surface area contributed by atoms with E-state index in [-0.39, 0.29) is 5.82 Å². The quantitative estimate of drug-likeness (QED) is 0.192. The zero-order chi connectivity index (χ0) is 26.5. The number of nitrogens with one attached hydrogen (secondary N) is 2. The van der Waals surface area contributed by atoms with E-state index in [0.717, 1.165) is 16.5 Å². The molecule has 5 rings (SSSR count). The van der Waals surface area contributed by atoms with Gasteiger partial charge in [0.25, 0.3) is 0 Å². The molecule has 0 atom stereocenters. The fraction of sp³-hybridized carbons (Fsp3) is 0.185. The number of halogens is 2. The second kappa shape index (κ2) is 11.4. The van der Waals surface area contributed by atoms with Crippen LogP contribution in [0.1, 0.15) is 5.56 Å². The number of hydrazone groups is 1. The Hall–Kier alpha value is -4.28. The molecule has 1 saturated heterocycles. The van der Waals surface area contributed by atoms with Crippen molar-refractivity contribution in [3.63, 3.8) is 0 Å². The van der Waals surface area contributed by atoms with E-state index < -0.39 is 0 Å². The van der Waals surface area contributed by atoms with E-state index in [9.17, 15) is 4.39 Å². The number of guanidine groups is 1. The highest BCUT2D eigenvalue weighted by atomic mass is 35.5. The third-order valence-electron chi connectivity index (χ3n) is 5.88. The third kappa shape index (κ3) is 5.99. The Balaban J connectivity index is 1.32. The second-order valence-corrected chi connectivity index (χ2v) is 8.93. The summed E-state index contributed by atoms with van der Waals surface area (Å²) in [6.45, 7) is 2.55. The molecule has 0 radical (unpaired) electrons. The van der Waals surface area contributed by atoms with Gasteiger partial charge in [0.1, 0.15) is 29.5 Å². The van der Waals surface area contributed by atoms with Crippen molar-refractivity contribution in [3.8, 4) is 11.5 Å². The van der Waals surface area contributed by atoms with Gasteiger partial charge in [0.15, 0.2) is 0 Å². The lowest BCUT2D eigenvalue weighted by Gasteiger charge is -2.31. The minimum atomic E-state index is -0.390. The van der Waals surface area contributed by atoms with Crippen LogP contribution in [0.4, 0.5) is 15.9 Å². The summed E-state index contributed by atoms with van der Waals surface area (Å²) in [4.78, 5) is 10.7. The molecule has 0 amide bonds. The molecule has 194 valence electrons. The molecule has 38 heavy (non-hydrogen) atoms. The van der Waals surface area contributed by atoms with Crippen LogP contribution in [-0.2, 0) is 4.74 Å². The van der Waals surface area contributed by atoms with Crippen LogP contribution in [0.25, 0.3) is 10.9 Å². The normalized spacial score (nSPS) is 13.6. The Morgan fingerprint density at radius 3 is 2.79 bits per heavy atom. The van der Waals surface area contributed by atoms with Crippen molar-refractivity contribution in [3.05, 3.63) is 83.4 Å². The van der Waals surface area contributed by atoms with Crippen molar-refractivity contribution in [2.24, 2.45) is 5.10 Å². The largest absolute Gasteiger partial charge is 0.456 e. The number of benzene rings is 3. The van der Waals surface area contributed by atoms with Gasteiger partial charge in [0.2, 0.25) is 5.96 Å². The average Bonchev–Trinajstić information content (AvgIpc) is 2.93. The van der Waals surface area contributed by atoms with Gasteiger partial charge in [0, 0.05) is 37.3 Å². The molecule has 1 aromatic heterocycles. The van der Waals surface area contributed by atoms with Gasteiger partial charge in [-0.2, -0.15) is 5.10 Å². The van der Waals surface area contributed by atoms with E-state index in [1.165, 1.54) is 23.5 Å². The van der Waals surface area contributed by atoms with Crippen LogP contribution in [0.3, 0.4) is 0 Å². The first-order valence-corrected chi connectivity index (χ1v) is 12.3. The van der Waals surface area contributed by atoms with Crippen LogP contribution in [0.2, 0.25) is 5.02 Å². The molecule has 1 aliphatic rings. The van der Waals surface area contributed by atoms with Gasteiger partial charge in [-0.1, -0.05) is 23.7 Å². The predicted molar refractivity (Wildman–Crippen MR) is 146 cm³/mol. The van der Waals surface area contributed by atoms with Gasteiger partial charge in [-0.15, -0.1) is 0 Å². The minimum absolute atomic E-state index is 0.317. The standard InChI is InChI=1S/C27H25ClFN7O2/c1-35(27(30)36-9-11-37-12-10-36)33-16-18-5-7-24-22(13-18)26(32-17-31-24)34-20-6-8-25(23(28)15-20)38-21-4-2-3-19(29)14-21/h2-8,13-17,30H,9-12H2,1H3,(H,31,32,34). The number of morpholine rings is 1. The fourth-order valence-corrected chi connectivity index (χ4v) is 4.12. The molecule has 0 bridgehead atoms. The van der Waals surface area contributed by atoms with E-state index in [2.05, 4.69) is 20.4 Å². The van der Waals surface area contributed by atoms with Gasteiger partial charge >= 0.3 is 0 Å². The Labute approximate surface area is 224 Å². The van der Waals surface area contributed by atoms with Crippen LogP contribution in [0.5, 0.6) is 11.5 Å². The van der Waals surface area contributed by atoms with Crippen LogP contribution in [0.15, 0.2) is 72.1 Å². The number of hydrogen-bond acceptors (Lipinski definition) is 7. The molecule has 4 aromatic rings. The maximum atomic E-state index is 13.5. The number of fused-ring (bicyclic) bond motifs is 1. The Kier molecular flexibility index (Phi) is 7.62. The Morgan fingerprint density at radius 1 is 1.16 bits per heavy atom. The van der Waals surface area contributed by atoms with E-state index in [1.54, 1.807) is 43.6 Å². The number of rotatable bonds is 6. The van der Waals surface area contributed by atoms with Gasteiger partial charge < -0.3 is 19.7 Å². The Morgan fingerprint density at radius 2 is 2.00 bits per heavy atom. The summed E-state index contributed by atoms with van der Waals surface area (Å²) in [7, 11) is 1.75. The maximum Gasteiger partial charge on any atom is 0.214 e. The lowest BCUT2D eigenvalue weighted by molar-refractivity contribution is 0.0627. The average molecular weight is 534 g/mol. The van der Waals surface area contributed by atoms with Gasteiger partial charge in [-0.25, -0.2) is 19.4 Å². The minimum Gasteiger partial charge on any atom is -0.456 e. The summed E-state index contributed by atoms with van der Waals surface area (Å²) in [5.41, 5.74) is 2.28. The summed E-state index contributed by atoms with van der Waals surface area (Å²) in [6, 6.07) is 16.8. The zero-order valence-electron chi connectivity index (χ0n) is 20.6. The predicted octanol–water partition coefficient (Wildman–Crippen LogP) is 5.49. The monoisotopic (exact) mass is 533 g/mol. The number of hydrogen-bond donors (Lipinski definition) is 2. The van der Waals surface area contributed by atoms with E-state index >= 15 is 0 Å². The third-order valence-corrected chi connectivity index (χ3v) is 6.17. The molecule has 9 nitrogen and oxygen atoms in total. The zero-order valence-corrected chi connectivity index (χ0v) is 21.3. The van der Waals surface area contributed by atoms with Crippen molar-refractivity contribution in [1.82, 2.24) is 19.9 Å². The van der Waals surface area contributed by atoms with Gasteiger partial charge in [-0.05, 0) is 48.0 Å². The molecule has 1 aliphatic heterocycles. The molecular weight excluding hydrogens is 509 g/mol. The summed E-state index contributed by atoms with van der Waals surface area (Å²) >= 11 is 6.44. The Bertz CT molecular complexity index is 1490. The molecule has 2 N–H and O–H groups in total. The summed E-state index contributed by atoms with van der Waals surface area (Å²) in [6.07, 6.45) is 3.18. The summed E-state index contributed by atoms with van der Waals surface area (Å²) in [5, 5.41) is 18.8. The first kappa shape index (κ1) is 25.4. The van der Waals surface area contributed by atoms with E-state index in [4.69, 9.17) is 26.5 Å². The van der Waals surface area contributed by atoms with Crippen LogP contribution >= 0.6 is 11.6 Å². The van der Waals surface area contributed by atoms with Crippen LogP contribution in [-0.4, -0.2) is 65.4 Å². The van der Waals surface area contributed by atoms with Crippen LogP contribution in [0, 0.1) is 11.2 Å². The van der Waals surface area contributed by atoms with E-state index in [0.29, 0.717) is 60.3 Å². The van der Waals surface area contributed by atoms with Crippen molar-refractivity contribution in [2.45, 2.75) is 0 Å². The second-order valence-electron chi connectivity index (χ2n) is 8.52. The molecule has 11 heteroatoms. The van der Waals surface area contributed by atoms with Gasteiger partial charge in [-0.3, -0.25) is 5.41 Å². The summed E-state index contributed by atoms with van der Waals surface area (Å²) < 4.78 is 24.5. The summed E-state index contributed by atoms with van der Waals surface area (Å²) in [5.74, 6) is 1.28. The molecule has 2 heterocycles. The molecule has 0 aliphatic carbocycles. The molecular formula is C27H25ClFN7O2. The molecule has 3 aromatic carbocycles. The first-order chi connectivity index (χ1) is 18.5. The maximum absolute atomic E-state index is 13.5. The molecule has 0 spiro atoms. The van der Waals surface area contributed by atoms with Crippen molar-refractivity contribution < 1.29 is 13.9 Å². The van der Waals surface area contributed by atoms with Crippen molar-refractivity contribution in [2.75, 3.05) is 38.7 Å². The van der Waals surface area contributed by atoms with Crippen molar-refractivity contribution >= 4 is 46.2 Å². The number of anilines is 2. The topological polar surface area (TPSA) is 99.0 Å². The highest BCUT2D eigenvalue weighted by Crippen LogP contribution is 2.33. The van der Waals surface area contributed by atoms with Crippen LogP contribution < -0.4 is 10.1 Å². The molecule has 0 saturated carbocycles.